The first kappa shape index (κ1) is 18.2. The largest absolute Gasteiger partial charge is 0.455 e. The van der Waals surface area contributed by atoms with Gasteiger partial charge in [-0.05, 0) is 36.8 Å². The third kappa shape index (κ3) is 4.94. The number of esters is 1. The van der Waals surface area contributed by atoms with Crippen LogP contribution < -0.4 is 5.32 Å². The molecule has 2 aromatic rings. The van der Waals surface area contributed by atoms with Crippen molar-refractivity contribution >= 4 is 40.8 Å². The Kier molecular flexibility index (Phi) is 6.17. The van der Waals surface area contributed by atoms with E-state index in [1.807, 2.05) is 0 Å². The number of hydrogen-bond donors (Lipinski definition) is 1. The van der Waals surface area contributed by atoms with Crippen molar-refractivity contribution in [3.8, 4) is 0 Å². The third-order valence-corrected chi connectivity index (χ3v) is 3.93. The summed E-state index contributed by atoms with van der Waals surface area (Å²) in [6.45, 7) is 1.23. The van der Waals surface area contributed by atoms with Crippen LogP contribution in [0.2, 0.25) is 10.0 Å². The predicted molar refractivity (Wildman–Crippen MR) is 90.9 cm³/mol. The lowest BCUT2D eigenvalue weighted by Gasteiger charge is -2.10. The van der Waals surface area contributed by atoms with E-state index in [-0.39, 0.29) is 6.42 Å². The van der Waals surface area contributed by atoms with Crippen LogP contribution in [0.1, 0.15) is 11.1 Å². The Morgan fingerprint density at radius 3 is 2.50 bits per heavy atom. The number of benzene rings is 2. The summed E-state index contributed by atoms with van der Waals surface area (Å²) in [6, 6.07) is 8.90. The second kappa shape index (κ2) is 8.13. The van der Waals surface area contributed by atoms with E-state index in [2.05, 4.69) is 5.32 Å². The van der Waals surface area contributed by atoms with Gasteiger partial charge in [-0.3, -0.25) is 9.59 Å². The van der Waals surface area contributed by atoms with Gasteiger partial charge in [0, 0.05) is 21.3 Å². The summed E-state index contributed by atoms with van der Waals surface area (Å²) in [5.41, 5.74) is 1.45. The van der Waals surface area contributed by atoms with Crippen molar-refractivity contribution < 1.29 is 18.7 Å². The molecule has 0 bridgehead atoms. The summed E-state index contributed by atoms with van der Waals surface area (Å²) in [5, 5.41) is 3.18. The topological polar surface area (TPSA) is 55.4 Å². The van der Waals surface area contributed by atoms with Gasteiger partial charge >= 0.3 is 5.97 Å². The van der Waals surface area contributed by atoms with E-state index < -0.39 is 24.3 Å². The van der Waals surface area contributed by atoms with E-state index in [4.69, 9.17) is 27.9 Å². The number of carbonyl (C=O) groups is 2. The summed E-state index contributed by atoms with van der Waals surface area (Å²) in [4.78, 5) is 23.6. The smallest absolute Gasteiger partial charge is 0.310 e. The SMILES string of the molecule is Cc1ccc(F)cc1NC(=O)COC(=O)Cc1c(Cl)cccc1Cl. The first-order valence-corrected chi connectivity index (χ1v) is 7.77. The number of amides is 1. The van der Waals surface area contributed by atoms with Crippen LogP contribution in [0, 0.1) is 12.7 Å². The number of anilines is 1. The second-order valence-corrected chi connectivity index (χ2v) is 5.86. The van der Waals surface area contributed by atoms with Crippen molar-refractivity contribution in [2.24, 2.45) is 0 Å². The van der Waals surface area contributed by atoms with Crippen LogP contribution in [-0.2, 0) is 20.7 Å². The Balaban J connectivity index is 1.89. The number of carbonyl (C=O) groups excluding carboxylic acids is 2. The second-order valence-electron chi connectivity index (χ2n) is 5.05. The van der Waals surface area contributed by atoms with Crippen LogP contribution in [0.15, 0.2) is 36.4 Å². The van der Waals surface area contributed by atoms with Gasteiger partial charge in [0.05, 0.1) is 6.42 Å². The predicted octanol–water partition coefficient (Wildman–Crippen LogP) is 4.17. The van der Waals surface area contributed by atoms with Crippen molar-refractivity contribution in [2.45, 2.75) is 13.3 Å². The van der Waals surface area contributed by atoms with E-state index in [1.54, 1.807) is 25.1 Å². The van der Waals surface area contributed by atoms with Gasteiger partial charge in [0.2, 0.25) is 0 Å². The van der Waals surface area contributed by atoms with E-state index >= 15 is 0 Å². The van der Waals surface area contributed by atoms with Crippen LogP contribution in [0.25, 0.3) is 0 Å². The van der Waals surface area contributed by atoms with E-state index in [9.17, 15) is 14.0 Å². The number of rotatable bonds is 5. The zero-order valence-corrected chi connectivity index (χ0v) is 14.2. The van der Waals surface area contributed by atoms with Gasteiger partial charge in [0.15, 0.2) is 6.61 Å². The Morgan fingerprint density at radius 1 is 1.17 bits per heavy atom. The average Bonchev–Trinajstić information content (AvgIpc) is 2.53. The van der Waals surface area contributed by atoms with Crippen LogP contribution in [-0.4, -0.2) is 18.5 Å². The lowest BCUT2D eigenvalue weighted by Crippen LogP contribution is -2.22. The minimum Gasteiger partial charge on any atom is -0.455 e. The molecule has 0 aliphatic rings. The van der Waals surface area contributed by atoms with Gasteiger partial charge in [-0.25, -0.2) is 4.39 Å². The molecule has 0 saturated heterocycles. The molecule has 0 saturated carbocycles. The molecule has 1 amide bonds. The highest BCUT2D eigenvalue weighted by Gasteiger charge is 2.14. The van der Waals surface area contributed by atoms with Crippen molar-refractivity contribution in [1.29, 1.82) is 0 Å². The standard InChI is InChI=1S/C17H14Cl2FNO3/c1-10-5-6-11(20)7-15(10)21-16(22)9-24-17(23)8-12-13(18)3-2-4-14(12)19/h2-7H,8-9H2,1H3,(H,21,22). The van der Waals surface area contributed by atoms with Crippen molar-refractivity contribution in [1.82, 2.24) is 0 Å². The Hall–Kier alpha value is -2.11. The molecule has 0 radical (unpaired) electrons. The zero-order chi connectivity index (χ0) is 17.7. The van der Waals surface area contributed by atoms with E-state index in [0.29, 0.717) is 26.9 Å². The van der Waals surface area contributed by atoms with Crippen LogP contribution in [0.3, 0.4) is 0 Å². The molecule has 24 heavy (non-hydrogen) atoms. The molecular formula is C17H14Cl2FNO3. The van der Waals surface area contributed by atoms with Crippen molar-refractivity contribution in [3.05, 3.63) is 63.4 Å². The first-order chi connectivity index (χ1) is 11.4. The molecule has 0 atom stereocenters. The molecule has 4 nitrogen and oxygen atoms in total. The number of hydrogen-bond acceptors (Lipinski definition) is 3. The van der Waals surface area contributed by atoms with Crippen LogP contribution >= 0.6 is 23.2 Å². The van der Waals surface area contributed by atoms with Gasteiger partial charge in [0.1, 0.15) is 5.82 Å². The molecule has 7 heteroatoms. The average molecular weight is 370 g/mol. The lowest BCUT2D eigenvalue weighted by molar-refractivity contribution is -0.146. The molecular weight excluding hydrogens is 356 g/mol. The molecule has 126 valence electrons. The number of ether oxygens (including phenoxy) is 1. The molecule has 0 fully saturated rings. The summed E-state index contributed by atoms with van der Waals surface area (Å²) < 4.78 is 18.1. The fourth-order valence-corrected chi connectivity index (χ4v) is 2.49. The quantitative estimate of drug-likeness (QED) is 0.804. The highest BCUT2D eigenvalue weighted by atomic mass is 35.5. The monoisotopic (exact) mass is 369 g/mol. The van der Waals surface area contributed by atoms with E-state index in [0.717, 1.165) is 0 Å². The number of halogens is 3. The molecule has 0 aromatic heterocycles. The minimum atomic E-state index is -0.642. The lowest BCUT2D eigenvalue weighted by atomic mass is 10.1. The van der Waals surface area contributed by atoms with Gasteiger partial charge in [-0.2, -0.15) is 0 Å². The summed E-state index contributed by atoms with van der Waals surface area (Å²) >= 11 is 11.9. The molecule has 0 heterocycles. The fourth-order valence-electron chi connectivity index (χ4n) is 1.96. The number of aryl methyl sites for hydroxylation is 1. The van der Waals surface area contributed by atoms with E-state index in [1.165, 1.54) is 18.2 Å². The molecule has 0 aliphatic carbocycles. The minimum absolute atomic E-state index is 0.148. The maximum absolute atomic E-state index is 13.2. The Morgan fingerprint density at radius 2 is 1.83 bits per heavy atom. The third-order valence-electron chi connectivity index (χ3n) is 3.22. The van der Waals surface area contributed by atoms with Gasteiger partial charge in [-0.1, -0.05) is 35.3 Å². The van der Waals surface area contributed by atoms with Crippen molar-refractivity contribution in [2.75, 3.05) is 11.9 Å². The molecule has 1 N–H and O–H groups in total. The zero-order valence-electron chi connectivity index (χ0n) is 12.7. The highest BCUT2D eigenvalue weighted by molar-refractivity contribution is 6.36. The maximum atomic E-state index is 13.2. The van der Waals surface area contributed by atoms with Gasteiger partial charge in [-0.15, -0.1) is 0 Å². The molecule has 0 aliphatic heterocycles. The Bertz CT molecular complexity index is 760. The summed E-state index contributed by atoms with van der Waals surface area (Å²) in [5.74, 6) is -1.68. The molecule has 0 unspecified atom stereocenters. The molecule has 2 aromatic carbocycles. The summed E-state index contributed by atoms with van der Waals surface area (Å²) in [6.07, 6.45) is -0.148. The fraction of sp³-hybridized carbons (Fsp3) is 0.176. The normalized spacial score (nSPS) is 10.3. The van der Waals surface area contributed by atoms with Gasteiger partial charge < -0.3 is 10.1 Å². The number of nitrogens with one attached hydrogen (secondary N) is 1. The molecule has 0 spiro atoms. The Labute approximate surface area is 148 Å². The maximum Gasteiger partial charge on any atom is 0.310 e. The van der Waals surface area contributed by atoms with Gasteiger partial charge in [0.25, 0.3) is 5.91 Å². The highest BCUT2D eigenvalue weighted by Crippen LogP contribution is 2.24. The van der Waals surface area contributed by atoms with Crippen LogP contribution in [0.5, 0.6) is 0 Å². The van der Waals surface area contributed by atoms with Crippen LogP contribution in [0.4, 0.5) is 10.1 Å². The first-order valence-electron chi connectivity index (χ1n) is 7.01. The summed E-state index contributed by atoms with van der Waals surface area (Å²) in [7, 11) is 0. The molecule has 2 rings (SSSR count). The van der Waals surface area contributed by atoms with Crippen molar-refractivity contribution in [3.63, 3.8) is 0 Å².